The summed E-state index contributed by atoms with van der Waals surface area (Å²) in [5, 5.41) is 16.3. The number of nitrogens with zero attached hydrogens (tertiary/aromatic N) is 4. The zero-order valence-corrected chi connectivity index (χ0v) is 10.5. The minimum atomic E-state index is 0.566. The summed E-state index contributed by atoms with van der Waals surface area (Å²) in [5.74, 6) is 0.640. The molecule has 0 aromatic carbocycles. The van der Waals surface area contributed by atoms with Gasteiger partial charge in [0, 0.05) is 25.4 Å². The molecule has 0 spiro atoms. The van der Waals surface area contributed by atoms with Gasteiger partial charge in [-0.05, 0) is 18.6 Å². The second-order valence-corrected chi connectivity index (χ2v) is 4.03. The van der Waals surface area contributed by atoms with Gasteiger partial charge >= 0.3 is 0 Å². The van der Waals surface area contributed by atoms with E-state index in [1.165, 1.54) is 0 Å². The van der Waals surface area contributed by atoms with E-state index in [2.05, 4.69) is 28.4 Å². The molecule has 0 aliphatic rings. The van der Waals surface area contributed by atoms with E-state index in [1.54, 1.807) is 16.9 Å². The summed E-state index contributed by atoms with van der Waals surface area (Å²) < 4.78 is 1.73. The van der Waals surface area contributed by atoms with E-state index in [-0.39, 0.29) is 0 Å². The van der Waals surface area contributed by atoms with Crippen LogP contribution in [0.2, 0.25) is 0 Å². The van der Waals surface area contributed by atoms with Crippen molar-refractivity contribution >= 4 is 5.82 Å². The maximum absolute atomic E-state index is 9.04. The number of aryl methyl sites for hydroxylation is 1. The summed E-state index contributed by atoms with van der Waals surface area (Å²) in [6.07, 6.45) is 4.65. The Morgan fingerprint density at radius 1 is 1.44 bits per heavy atom. The Balaban J connectivity index is 2.36. The first-order chi connectivity index (χ1) is 8.74. The molecular weight excluding hydrogens is 226 g/mol. The molecule has 1 N–H and O–H groups in total. The lowest BCUT2D eigenvalue weighted by molar-refractivity contribution is 0.768. The second-order valence-electron chi connectivity index (χ2n) is 4.03. The molecule has 0 aliphatic heterocycles. The van der Waals surface area contributed by atoms with Gasteiger partial charge in [0.25, 0.3) is 0 Å². The summed E-state index contributed by atoms with van der Waals surface area (Å²) in [7, 11) is 1.86. The minimum absolute atomic E-state index is 0.566. The van der Waals surface area contributed by atoms with Crippen molar-refractivity contribution in [2.45, 2.75) is 13.3 Å². The van der Waals surface area contributed by atoms with Crippen molar-refractivity contribution < 1.29 is 0 Å². The Morgan fingerprint density at radius 3 is 2.89 bits per heavy atom. The Morgan fingerprint density at radius 2 is 2.28 bits per heavy atom. The molecule has 0 radical (unpaired) electrons. The third kappa shape index (κ3) is 2.48. The molecule has 0 amide bonds. The maximum Gasteiger partial charge on any atom is 0.144 e. The molecule has 0 saturated carbocycles. The lowest BCUT2D eigenvalue weighted by Gasteiger charge is -2.07. The quantitative estimate of drug-likeness (QED) is 0.890. The topological polar surface area (TPSA) is 66.5 Å². The molecule has 2 heterocycles. The van der Waals surface area contributed by atoms with Gasteiger partial charge in [0.1, 0.15) is 11.9 Å². The van der Waals surface area contributed by atoms with Crippen molar-refractivity contribution in [3.8, 4) is 17.3 Å². The van der Waals surface area contributed by atoms with Crippen LogP contribution < -0.4 is 5.32 Å². The highest BCUT2D eigenvalue weighted by Crippen LogP contribution is 2.20. The van der Waals surface area contributed by atoms with Gasteiger partial charge in [0.15, 0.2) is 0 Å². The molecule has 0 unspecified atom stereocenters. The molecule has 0 bridgehead atoms. The molecular formula is C13H15N5. The minimum Gasteiger partial charge on any atom is -0.369 e. The van der Waals surface area contributed by atoms with E-state index in [1.807, 2.05) is 19.3 Å². The predicted molar refractivity (Wildman–Crippen MR) is 69.9 cm³/mol. The van der Waals surface area contributed by atoms with Crippen molar-refractivity contribution in [3.05, 3.63) is 30.1 Å². The number of pyridine rings is 1. The van der Waals surface area contributed by atoms with Crippen LogP contribution in [0.25, 0.3) is 11.3 Å². The lowest BCUT2D eigenvalue weighted by atomic mass is 10.2. The van der Waals surface area contributed by atoms with Gasteiger partial charge in [0.05, 0.1) is 17.5 Å². The summed E-state index contributed by atoms with van der Waals surface area (Å²) in [5.41, 5.74) is 2.33. The van der Waals surface area contributed by atoms with Gasteiger partial charge < -0.3 is 5.32 Å². The standard InChI is InChI=1S/C13H15N5/c1-3-6-15-13-10(7-14)4-5-12(17-13)11-8-16-18(2)9-11/h4-5,8-9H,3,6H2,1-2H3,(H,15,17). The van der Waals surface area contributed by atoms with Crippen LogP contribution in [0.15, 0.2) is 24.5 Å². The Bertz CT molecular complexity index is 579. The summed E-state index contributed by atoms with van der Waals surface area (Å²) in [6, 6.07) is 5.77. The smallest absolute Gasteiger partial charge is 0.144 e. The molecule has 2 aromatic rings. The van der Waals surface area contributed by atoms with Gasteiger partial charge in [-0.25, -0.2) is 4.98 Å². The Kier molecular flexibility index (Phi) is 3.58. The third-order valence-corrected chi connectivity index (χ3v) is 2.56. The van der Waals surface area contributed by atoms with E-state index in [0.717, 1.165) is 24.2 Å². The molecule has 0 fully saturated rings. The molecule has 18 heavy (non-hydrogen) atoms. The Labute approximate surface area is 106 Å². The lowest BCUT2D eigenvalue weighted by Crippen LogP contribution is -2.04. The number of rotatable bonds is 4. The normalized spacial score (nSPS) is 10.1. The van der Waals surface area contributed by atoms with Crippen LogP contribution in [0.1, 0.15) is 18.9 Å². The molecule has 5 heteroatoms. The van der Waals surface area contributed by atoms with Crippen molar-refractivity contribution in [2.75, 3.05) is 11.9 Å². The number of hydrogen-bond donors (Lipinski definition) is 1. The SMILES string of the molecule is CCCNc1nc(-c2cnn(C)c2)ccc1C#N. The van der Waals surface area contributed by atoms with E-state index < -0.39 is 0 Å². The fraction of sp³-hybridized carbons (Fsp3) is 0.308. The van der Waals surface area contributed by atoms with Crippen LogP contribution in [0.4, 0.5) is 5.82 Å². The first kappa shape index (κ1) is 12.1. The predicted octanol–water partition coefficient (Wildman–Crippen LogP) is 2.18. The van der Waals surface area contributed by atoms with Crippen LogP contribution in [0.3, 0.4) is 0 Å². The molecule has 0 atom stereocenters. The summed E-state index contributed by atoms with van der Waals surface area (Å²) in [6.45, 7) is 2.88. The highest BCUT2D eigenvalue weighted by Gasteiger charge is 2.07. The molecule has 5 nitrogen and oxygen atoms in total. The molecule has 2 rings (SSSR count). The molecule has 92 valence electrons. The van der Waals surface area contributed by atoms with Crippen molar-refractivity contribution in [1.29, 1.82) is 5.26 Å². The number of nitriles is 1. The number of nitrogens with one attached hydrogen (secondary N) is 1. The van der Waals surface area contributed by atoms with Crippen LogP contribution in [0, 0.1) is 11.3 Å². The van der Waals surface area contributed by atoms with Gasteiger partial charge in [-0.2, -0.15) is 10.4 Å². The van der Waals surface area contributed by atoms with Crippen molar-refractivity contribution in [1.82, 2.24) is 14.8 Å². The first-order valence-corrected chi connectivity index (χ1v) is 5.88. The van der Waals surface area contributed by atoms with Gasteiger partial charge in [-0.1, -0.05) is 6.92 Å². The van der Waals surface area contributed by atoms with Gasteiger partial charge in [0.2, 0.25) is 0 Å². The highest BCUT2D eigenvalue weighted by atomic mass is 15.2. The zero-order chi connectivity index (χ0) is 13.0. The molecule has 2 aromatic heterocycles. The number of anilines is 1. The summed E-state index contributed by atoms with van der Waals surface area (Å²) >= 11 is 0. The monoisotopic (exact) mass is 241 g/mol. The van der Waals surface area contributed by atoms with E-state index >= 15 is 0 Å². The number of aromatic nitrogens is 3. The highest BCUT2D eigenvalue weighted by molar-refractivity contribution is 5.63. The fourth-order valence-corrected chi connectivity index (χ4v) is 1.64. The van der Waals surface area contributed by atoms with Crippen LogP contribution in [-0.2, 0) is 7.05 Å². The van der Waals surface area contributed by atoms with E-state index in [4.69, 9.17) is 5.26 Å². The number of hydrogen-bond acceptors (Lipinski definition) is 4. The second kappa shape index (κ2) is 5.32. The van der Waals surface area contributed by atoms with E-state index in [0.29, 0.717) is 11.4 Å². The average Bonchev–Trinajstić information content (AvgIpc) is 2.82. The third-order valence-electron chi connectivity index (χ3n) is 2.56. The van der Waals surface area contributed by atoms with Crippen LogP contribution >= 0.6 is 0 Å². The first-order valence-electron chi connectivity index (χ1n) is 5.88. The van der Waals surface area contributed by atoms with E-state index in [9.17, 15) is 0 Å². The molecule has 0 aliphatic carbocycles. The van der Waals surface area contributed by atoms with Crippen molar-refractivity contribution in [3.63, 3.8) is 0 Å². The molecule has 0 saturated heterocycles. The zero-order valence-electron chi connectivity index (χ0n) is 10.5. The largest absolute Gasteiger partial charge is 0.369 e. The van der Waals surface area contributed by atoms with Crippen LogP contribution in [0.5, 0.6) is 0 Å². The maximum atomic E-state index is 9.04. The van der Waals surface area contributed by atoms with Crippen molar-refractivity contribution in [2.24, 2.45) is 7.05 Å². The van der Waals surface area contributed by atoms with Gasteiger partial charge in [-0.3, -0.25) is 4.68 Å². The van der Waals surface area contributed by atoms with Gasteiger partial charge in [-0.15, -0.1) is 0 Å². The van der Waals surface area contributed by atoms with Crippen LogP contribution in [-0.4, -0.2) is 21.3 Å². The average molecular weight is 241 g/mol. The fourth-order valence-electron chi connectivity index (χ4n) is 1.64. The summed E-state index contributed by atoms with van der Waals surface area (Å²) in [4.78, 5) is 4.48. The Hall–Kier alpha value is -2.35.